The number of aliphatic imine (C=N–C) groups is 1. The van der Waals surface area contributed by atoms with Crippen LogP contribution in [-0.4, -0.2) is 22.5 Å². The van der Waals surface area contributed by atoms with Gasteiger partial charge in [-0.1, -0.05) is 30.4 Å². The maximum atomic E-state index is 12.9. The Balaban J connectivity index is 2.02. The van der Waals surface area contributed by atoms with Crippen molar-refractivity contribution in [2.24, 2.45) is 10.9 Å². The van der Waals surface area contributed by atoms with E-state index in [9.17, 15) is 4.79 Å². The molecule has 1 unspecified atom stereocenters. The Morgan fingerprint density at radius 1 is 1.29 bits per heavy atom. The fourth-order valence-electron chi connectivity index (χ4n) is 2.82. The van der Waals surface area contributed by atoms with E-state index < -0.39 is 11.8 Å². The predicted molar refractivity (Wildman–Crippen MR) is 97.0 cm³/mol. The lowest BCUT2D eigenvalue weighted by Gasteiger charge is -2.29. The molecule has 1 aromatic heterocycles. The van der Waals surface area contributed by atoms with Crippen molar-refractivity contribution in [3.63, 3.8) is 0 Å². The van der Waals surface area contributed by atoms with Crippen molar-refractivity contribution in [1.29, 1.82) is 5.41 Å². The molecule has 0 saturated carbocycles. The summed E-state index contributed by atoms with van der Waals surface area (Å²) in [6.45, 7) is 1.76. The van der Waals surface area contributed by atoms with Crippen LogP contribution in [0.1, 0.15) is 18.6 Å². The van der Waals surface area contributed by atoms with Crippen LogP contribution < -0.4 is 5.32 Å². The number of nitrogens with zero attached hydrogens (tertiary/aromatic N) is 1. The van der Waals surface area contributed by atoms with Gasteiger partial charge in [0.2, 0.25) is 5.91 Å². The molecule has 2 atom stereocenters. The van der Waals surface area contributed by atoms with Crippen LogP contribution in [0, 0.1) is 11.3 Å². The first kappa shape index (κ1) is 16.1. The molecule has 1 amide bonds. The van der Waals surface area contributed by atoms with Crippen LogP contribution in [-0.2, 0) is 4.79 Å². The summed E-state index contributed by atoms with van der Waals surface area (Å²) in [5, 5.41) is 10.4. The van der Waals surface area contributed by atoms with Crippen molar-refractivity contribution >= 4 is 40.4 Å². The molecule has 6 heteroatoms. The zero-order valence-corrected chi connectivity index (χ0v) is 13.8. The van der Waals surface area contributed by atoms with Crippen molar-refractivity contribution in [2.75, 3.05) is 5.32 Å². The maximum Gasteiger partial charge on any atom is 0.234 e. The zero-order chi connectivity index (χ0) is 17.1. The highest BCUT2D eigenvalue weighted by Gasteiger charge is 2.41. The van der Waals surface area contributed by atoms with E-state index in [1.54, 1.807) is 19.1 Å². The molecule has 2 N–H and O–H groups in total. The number of rotatable bonds is 3. The molecule has 0 saturated heterocycles. The second kappa shape index (κ2) is 6.74. The van der Waals surface area contributed by atoms with Crippen LogP contribution in [0.25, 0.3) is 0 Å². The van der Waals surface area contributed by atoms with E-state index >= 15 is 0 Å². The van der Waals surface area contributed by atoms with Crippen LogP contribution in [0.4, 0.5) is 5.69 Å². The first-order valence-corrected chi connectivity index (χ1v) is 7.81. The van der Waals surface area contributed by atoms with Crippen LogP contribution >= 0.6 is 12.2 Å². The molecule has 1 aliphatic heterocycles. The summed E-state index contributed by atoms with van der Waals surface area (Å²) in [5.74, 6) is 1.56. The molecule has 1 aromatic carbocycles. The van der Waals surface area contributed by atoms with Gasteiger partial charge in [-0.15, -0.1) is 0 Å². The minimum atomic E-state index is -0.615. The van der Waals surface area contributed by atoms with Gasteiger partial charge in [-0.25, -0.2) is 4.99 Å². The molecular formula is C18H15N3O2S. The summed E-state index contributed by atoms with van der Waals surface area (Å²) >= 11 is 5.24. The second-order valence-electron chi connectivity index (χ2n) is 5.42. The molecular weight excluding hydrogens is 322 g/mol. The van der Waals surface area contributed by atoms with Gasteiger partial charge >= 0.3 is 0 Å². The van der Waals surface area contributed by atoms with E-state index in [4.69, 9.17) is 22.0 Å². The highest BCUT2D eigenvalue weighted by molar-refractivity contribution is 7.80. The average Bonchev–Trinajstić information content (AvgIpc) is 3.09. The maximum absolute atomic E-state index is 12.9. The van der Waals surface area contributed by atoms with Crippen LogP contribution in [0.15, 0.2) is 63.7 Å². The fraction of sp³-hybridized carbons (Fsp3) is 0.167. The molecule has 0 radical (unpaired) electrons. The molecule has 2 aromatic rings. The topological polar surface area (TPSA) is 78.5 Å². The number of hydrogen-bond donors (Lipinski definition) is 2. The van der Waals surface area contributed by atoms with Crippen LogP contribution in [0.3, 0.4) is 0 Å². The molecule has 24 heavy (non-hydrogen) atoms. The number of carbonyl (C=O) groups excluding carboxylic acids is 1. The molecule has 0 bridgehead atoms. The van der Waals surface area contributed by atoms with Gasteiger partial charge in [-0.05, 0) is 37.1 Å². The minimum absolute atomic E-state index is 0.223. The molecule has 2 heterocycles. The smallest absolute Gasteiger partial charge is 0.234 e. The summed E-state index contributed by atoms with van der Waals surface area (Å²) in [6.07, 6.45) is 1.53. The van der Waals surface area contributed by atoms with Gasteiger partial charge in [0.1, 0.15) is 10.7 Å². The molecule has 0 spiro atoms. The highest BCUT2D eigenvalue weighted by atomic mass is 32.1. The Hall–Kier alpha value is -2.82. The SMILES string of the molecule is CC1=NC(=S)C(=C=N)[C@H](c2ccco2)C1C(=O)Nc1ccccc1. The number of carbonyl (C=O) groups is 1. The number of nitrogens with one attached hydrogen (secondary N) is 2. The Bertz CT molecular complexity index is 850. The molecule has 120 valence electrons. The molecule has 1 aliphatic rings. The van der Waals surface area contributed by atoms with Crippen molar-refractivity contribution in [1.82, 2.24) is 0 Å². The van der Waals surface area contributed by atoms with E-state index in [0.717, 1.165) is 0 Å². The average molecular weight is 337 g/mol. The van der Waals surface area contributed by atoms with E-state index in [2.05, 4.69) is 16.2 Å². The van der Waals surface area contributed by atoms with E-state index in [1.165, 1.54) is 6.26 Å². The highest BCUT2D eigenvalue weighted by Crippen LogP contribution is 2.37. The van der Waals surface area contributed by atoms with Gasteiger partial charge in [0.15, 0.2) is 0 Å². The van der Waals surface area contributed by atoms with Crippen molar-refractivity contribution in [3.8, 4) is 0 Å². The number of hydrogen-bond acceptors (Lipinski definition) is 4. The number of benzene rings is 1. The number of furan rings is 1. The Labute approximate surface area is 144 Å². The van der Waals surface area contributed by atoms with E-state index in [-0.39, 0.29) is 10.9 Å². The van der Waals surface area contributed by atoms with Gasteiger partial charge in [0.05, 0.1) is 23.7 Å². The summed E-state index contributed by atoms with van der Waals surface area (Å²) in [7, 11) is 0. The van der Waals surface area contributed by atoms with Gasteiger partial charge < -0.3 is 9.73 Å². The zero-order valence-electron chi connectivity index (χ0n) is 12.9. The first-order valence-electron chi connectivity index (χ1n) is 7.40. The van der Waals surface area contributed by atoms with Gasteiger partial charge in [-0.2, -0.15) is 0 Å². The standard InChI is InChI=1S/C18H15N3O2S/c1-11-15(17(22)21-12-6-3-2-4-7-12)16(14-8-5-9-23-14)13(10-19)18(24)20-11/h2-9,15-16,19H,1H3,(H,21,22)/t15?,16-/m1/s1. The normalized spacial score (nSPS) is 20.3. The Kier molecular flexibility index (Phi) is 4.51. The lowest BCUT2D eigenvalue weighted by Crippen LogP contribution is -2.38. The molecule has 3 rings (SSSR count). The Morgan fingerprint density at radius 2 is 2.04 bits per heavy atom. The Morgan fingerprint density at radius 3 is 2.67 bits per heavy atom. The second-order valence-corrected chi connectivity index (χ2v) is 5.81. The molecule has 0 aliphatic carbocycles. The number of anilines is 1. The van der Waals surface area contributed by atoms with Crippen molar-refractivity contribution < 1.29 is 9.21 Å². The third-order valence-corrected chi connectivity index (χ3v) is 4.22. The molecule has 0 fully saturated rings. The lowest BCUT2D eigenvalue weighted by molar-refractivity contribution is -0.118. The van der Waals surface area contributed by atoms with Gasteiger partial charge in [0, 0.05) is 11.4 Å². The van der Waals surface area contributed by atoms with Crippen molar-refractivity contribution in [2.45, 2.75) is 12.8 Å². The largest absolute Gasteiger partial charge is 0.469 e. The third-order valence-electron chi connectivity index (χ3n) is 3.91. The van der Waals surface area contributed by atoms with Crippen LogP contribution in [0.2, 0.25) is 0 Å². The van der Waals surface area contributed by atoms with Gasteiger partial charge in [0.25, 0.3) is 0 Å². The predicted octanol–water partition coefficient (Wildman–Crippen LogP) is 3.59. The minimum Gasteiger partial charge on any atom is -0.469 e. The number of thiocarbonyl (C=S) groups is 1. The van der Waals surface area contributed by atoms with E-state index in [1.807, 2.05) is 30.3 Å². The monoisotopic (exact) mass is 337 g/mol. The summed E-state index contributed by atoms with van der Waals surface area (Å²) in [5.41, 5.74) is 1.68. The lowest BCUT2D eigenvalue weighted by atomic mass is 9.78. The summed E-state index contributed by atoms with van der Waals surface area (Å²) in [4.78, 5) is 17.4. The number of amides is 1. The number of para-hydroxylation sites is 1. The van der Waals surface area contributed by atoms with Gasteiger partial charge in [-0.3, -0.25) is 10.2 Å². The summed E-state index contributed by atoms with van der Waals surface area (Å²) in [6, 6.07) is 12.7. The summed E-state index contributed by atoms with van der Waals surface area (Å²) < 4.78 is 5.49. The third kappa shape index (κ3) is 2.97. The molecule has 5 nitrogen and oxygen atoms in total. The van der Waals surface area contributed by atoms with Crippen LogP contribution in [0.5, 0.6) is 0 Å². The van der Waals surface area contributed by atoms with E-state index in [0.29, 0.717) is 22.7 Å². The quantitative estimate of drug-likeness (QED) is 0.510. The van der Waals surface area contributed by atoms with Crippen molar-refractivity contribution in [3.05, 3.63) is 60.1 Å². The first-order chi connectivity index (χ1) is 11.6. The fourth-order valence-corrected chi connectivity index (χ4v) is 3.14.